The molecule has 2 aromatic rings. The summed E-state index contributed by atoms with van der Waals surface area (Å²) in [6.45, 7) is 4.18. The van der Waals surface area contributed by atoms with Gasteiger partial charge in [-0.2, -0.15) is 11.8 Å². The van der Waals surface area contributed by atoms with Crippen LogP contribution in [0, 0.1) is 11.8 Å². The Morgan fingerprint density at radius 1 is 1.04 bits per heavy atom. The second kappa shape index (κ2) is 17.8. The Kier molecular flexibility index (Phi) is 18.2. The molecule has 27 heavy (non-hydrogen) atoms. The summed E-state index contributed by atoms with van der Waals surface area (Å²) in [6.07, 6.45) is 10.3. The zero-order chi connectivity index (χ0) is 19.8. The fourth-order valence-corrected chi connectivity index (χ4v) is 2.13. The second-order valence-corrected chi connectivity index (χ2v) is 6.69. The van der Waals surface area contributed by atoms with Gasteiger partial charge in [-0.3, -0.25) is 4.79 Å². The molecule has 0 aromatic carbocycles. The molecule has 2 N–H and O–H groups in total. The molecule has 0 unspecified atom stereocenters. The Morgan fingerprint density at radius 3 is 1.81 bits per heavy atom. The third-order valence-corrected chi connectivity index (χ3v) is 3.78. The van der Waals surface area contributed by atoms with E-state index in [9.17, 15) is 4.79 Å². The van der Waals surface area contributed by atoms with E-state index in [4.69, 9.17) is 19.0 Å². The first-order valence-corrected chi connectivity index (χ1v) is 10.4. The number of hydrogen-bond donors (Lipinski definition) is 2. The van der Waals surface area contributed by atoms with Gasteiger partial charge >= 0.3 is 5.97 Å². The van der Waals surface area contributed by atoms with Crippen molar-refractivity contribution in [3.05, 3.63) is 48.3 Å². The smallest absolute Gasteiger partial charge is 0.306 e. The Morgan fingerprint density at radius 2 is 1.52 bits per heavy atom. The van der Waals surface area contributed by atoms with Gasteiger partial charge in [0, 0.05) is 27.9 Å². The molecule has 2 rings (SSSR count). The summed E-state index contributed by atoms with van der Waals surface area (Å²) in [7, 11) is 0. The molecule has 2 heterocycles. The summed E-state index contributed by atoms with van der Waals surface area (Å²) in [5, 5.41) is 17.6. The van der Waals surface area contributed by atoms with Gasteiger partial charge in [-0.25, -0.2) is 0 Å². The molecule has 2 aromatic heterocycles. The molecule has 2 atom stereocenters. The van der Waals surface area contributed by atoms with Gasteiger partial charge in [0.15, 0.2) is 0 Å². The van der Waals surface area contributed by atoms with Crippen LogP contribution in [0.25, 0.3) is 0 Å². The maximum absolute atomic E-state index is 10.6. The van der Waals surface area contributed by atoms with E-state index in [-0.39, 0.29) is 20.9 Å². The highest BCUT2D eigenvalue weighted by atomic mass is 32.2. The SMILES string of the molecule is CC[C@@H](Cc1ccco1)C(=O)O.CC[C@H](CO)Cc1ccco1.CSC.[B]. The number of hydrogen-bond acceptors (Lipinski definition) is 5. The number of aliphatic hydroxyl groups excluding tert-OH is 1. The number of thioether (sulfide) groups is 1. The zero-order valence-corrected chi connectivity index (χ0v) is 17.6. The normalized spacial score (nSPS) is 11.7. The fourth-order valence-electron chi connectivity index (χ4n) is 2.13. The number of carboxylic acids is 1. The largest absolute Gasteiger partial charge is 0.481 e. The van der Waals surface area contributed by atoms with Crippen molar-refractivity contribution < 1.29 is 23.8 Å². The van der Waals surface area contributed by atoms with Crippen molar-refractivity contribution in [1.29, 1.82) is 0 Å². The van der Waals surface area contributed by atoms with Crippen molar-refractivity contribution in [1.82, 2.24) is 0 Å². The third kappa shape index (κ3) is 13.3. The average molecular weight is 395 g/mol. The molecule has 7 heteroatoms. The van der Waals surface area contributed by atoms with E-state index in [1.165, 1.54) is 0 Å². The van der Waals surface area contributed by atoms with E-state index < -0.39 is 5.97 Å². The standard InChI is InChI=1S/C9H12O3.C9H14O2.C2H6S.B/c1-2-7(9(10)11)6-8-4-3-5-12-8;1-2-8(7-10)6-9-4-3-5-11-9;1-3-2;/h3-5,7H,2,6H2,1H3,(H,10,11);3-5,8,10H,2,6-7H2,1H3;1-2H3;/t7-;8-;;/m00../s1. The van der Waals surface area contributed by atoms with Crippen molar-refractivity contribution in [2.45, 2.75) is 39.5 Å². The third-order valence-electron chi connectivity index (χ3n) is 3.78. The van der Waals surface area contributed by atoms with E-state index in [1.54, 1.807) is 36.4 Å². The minimum Gasteiger partial charge on any atom is -0.481 e. The molecular formula is C20H32BO5S. The van der Waals surface area contributed by atoms with Crippen LogP contribution in [-0.2, 0) is 17.6 Å². The summed E-state index contributed by atoms with van der Waals surface area (Å²) in [6, 6.07) is 7.38. The number of carbonyl (C=O) groups is 1. The van der Waals surface area contributed by atoms with Crippen LogP contribution in [0.4, 0.5) is 0 Å². The van der Waals surface area contributed by atoms with Crippen molar-refractivity contribution in [3.63, 3.8) is 0 Å². The van der Waals surface area contributed by atoms with Crippen LogP contribution in [0.2, 0.25) is 0 Å². The van der Waals surface area contributed by atoms with Gasteiger partial charge in [-0.1, -0.05) is 20.3 Å². The van der Waals surface area contributed by atoms with E-state index in [1.807, 2.05) is 31.6 Å². The molecular weight excluding hydrogens is 363 g/mol. The Balaban J connectivity index is 0. The molecule has 5 nitrogen and oxygen atoms in total. The van der Waals surface area contributed by atoms with Gasteiger partial charge in [-0.15, -0.1) is 0 Å². The predicted molar refractivity (Wildman–Crippen MR) is 112 cm³/mol. The molecule has 0 aliphatic carbocycles. The van der Waals surface area contributed by atoms with Crippen LogP contribution < -0.4 is 0 Å². The Bertz CT molecular complexity index is 539. The zero-order valence-electron chi connectivity index (χ0n) is 16.8. The van der Waals surface area contributed by atoms with Crippen LogP contribution in [0.3, 0.4) is 0 Å². The molecule has 0 aliphatic rings. The van der Waals surface area contributed by atoms with Crippen LogP contribution in [0.15, 0.2) is 45.6 Å². The number of aliphatic carboxylic acids is 1. The van der Waals surface area contributed by atoms with Gasteiger partial charge < -0.3 is 19.0 Å². The molecule has 0 bridgehead atoms. The number of carboxylic acid groups (broad SMARTS) is 1. The van der Waals surface area contributed by atoms with Gasteiger partial charge in [0.1, 0.15) is 11.5 Å². The summed E-state index contributed by atoms with van der Waals surface area (Å²) in [4.78, 5) is 10.6. The summed E-state index contributed by atoms with van der Waals surface area (Å²) >= 11 is 1.75. The van der Waals surface area contributed by atoms with Crippen molar-refractivity contribution in [2.24, 2.45) is 11.8 Å². The Labute approximate surface area is 169 Å². The monoisotopic (exact) mass is 395 g/mol. The van der Waals surface area contributed by atoms with Crippen molar-refractivity contribution >= 4 is 26.1 Å². The first-order valence-electron chi connectivity index (χ1n) is 8.80. The molecule has 151 valence electrons. The van der Waals surface area contributed by atoms with Crippen LogP contribution in [0.5, 0.6) is 0 Å². The molecule has 0 saturated heterocycles. The molecule has 0 fully saturated rings. The lowest BCUT2D eigenvalue weighted by atomic mass is 10.0. The molecule has 0 amide bonds. The minimum atomic E-state index is -0.756. The number of aliphatic hydroxyl groups is 1. The van der Waals surface area contributed by atoms with Gasteiger partial charge in [-0.05, 0) is 49.1 Å². The quantitative estimate of drug-likeness (QED) is 0.646. The van der Waals surface area contributed by atoms with E-state index in [0.29, 0.717) is 18.8 Å². The van der Waals surface area contributed by atoms with Gasteiger partial charge in [0.25, 0.3) is 0 Å². The highest BCUT2D eigenvalue weighted by Gasteiger charge is 2.16. The Hall–Kier alpha value is -1.60. The predicted octanol–water partition coefficient (Wildman–Crippen LogP) is 4.37. The molecule has 0 aliphatic heterocycles. The van der Waals surface area contributed by atoms with E-state index in [0.717, 1.165) is 24.4 Å². The summed E-state index contributed by atoms with van der Waals surface area (Å²) in [5.41, 5.74) is 0. The first-order chi connectivity index (χ1) is 12.5. The van der Waals surface area contributed by atoms with Crippen LogP contribution in [0.1, 0.15) is 38.2 Å². The number of rotatable bonds is 8. The van der Waals surface area contributed by atoms with Crippen LogP contribution in [-0.4, -0.2) is 43.7 Å². The highest BCUT2D eigenvalue weighted by molar-refractivity contribution is 7.97. The first kappa shape index (κ1) is 27.6. The average Bonchev–Trinajstić information content (AvgIpc) is 3.32. The fraction of sp³-hybridized carbons (Fsp3) is 0.550. The lowest BCUT2D eigenvalue weighted by Crippen LogP contribution is -2.14. The topological polar surface area (TPSA) is 83.8 Å². The van der Waals surface area contributed by atoms with E-state index in [2.05, 4.69) is 6.92 Å². The van der Waals surface area contributed by atoms with Crippen molar-refractivity contribution in [3.8, 4) is 0 Å². The lowest BCUT2D eigenvalue weighted by molar-refractivity contribution is -0.141. The summed E-state index contributed by atoms with van der Waals surface area (Å²) in [5.74, 6) is 0.973. The second-order valence-electron chi connectivity index (χ2n) is 5.88. The van der Waals surface area contributed by atoms with Crippen molar-refractivity contribution in [2.75, 3.05) is 19.1 Å². The molecule has 0 saturated carbocycles. The van der Waals surface area contributed by atoms with Crippen LogP contribution >= 0.6 is 11.8 Å². The van der Waals surface area contributed by atoms with Gasteiger partial charge in [0.2, 0.25) is 0 Å². The molecule has 3 radical (unpaired) electrons. The summed E-state index contributed by atoms with van der Waals surface area (Å²) < 4.78 is 10.2. The lowest BCUT2D eigenvalue weighted by Gasteiger charge is -2.07. The van der Waals surface area contributed by atoms with E-state index >= 15 is 0 Å². The highest BCUT2D eigenvalue weighted by Crippen LogP contribution is 2.12. The van der Waals surface area contributed by atoms with Gasteiger partial charge in [0.05, 0.1) is 18.4 Å². The maximum Gasteiger partial charge on any atom is 0.306 e. The minimum absolute atomic E-state index is 0. The maximum atomic E-state index is 10.6. The molecule has 0 spiro atoms. The number of furan rings is 2.